The number of hydrogen-bond acceptors (Lipinski definition) is 9. The SMILES string of the molecule is CN1CCN(c2ccc(Nc3ncc4c(n3)N(C)c3sc(-c5ccccc5)nc3C(=O)N4C)cc2)CC1. The highest BCUT2D eigenvalue weighted by Crippen LogP contribution is 2.43. The zero-order valence-corrected chi connectivity index (χ0v) is 21.9. The van der Waals surface area contributed by atoms with Crippen LogP contribution in [0.25, 0.3) is 10.6 Å². The molecule has 2 aromatic carbocycles. The third kappa shape index (κ3) is 4.38. The first kappa shape index (κ1) is 23.4. The average Bonchev–Trinajstić information content (AvgIpc) is 3.36. The number of carbonyl (C=O) groups is 1. The molecule has 2 aliphatic rings. The van der Waals surface area contributed by atoms with Crippen LogP contribution < -0.4 is 20.0 Å². The molecule has 0 atom stereocenters. The van der Waals surface area contributed by atoms with Gasteiger partial charge in [0.05, 0.1) is 6.20 Å². The fourth-order valence-corrected chi connectivity index (χ4v) is 5.63. The highest BCUT2D eigenvalue weighted by Gasteiger charge is 2.33. The molecule has 9 nitrogen and oxygen atoms in total. The molecule has 1 saturated heterocycles. The Hall–Kier alpha value is -4.02. The van der Waals surface area contributed by atoms with E-state index in [0.717, 1.165) is 47.4 Å². The van der Waals surface area contributed by atoms with Crippen LogP contribution in [0.3, 0.4) is 0 Å². The normalized spacial score (nSPS) is 15.9. The Balaban J connectivity index is 1.27. The molecule has 4 heterocycles. The van der Waals surface area contributed by atoms with E-state index in [1.807, 2.05) is 42.3 Å². The molecule has 1 amide bonds. The molecule has 4 aromatic rings. The number of nitrogens with zero attached hydrogens (tertiary/aromatic N) is 7. The lowest BCUT2D eigenvalue weighted by atomic mass is 10.2. The van der Waals surface area contributed by atoms with E-state index in [2.05, 4.69) is 51.4 Å². The van der Waals surface area contributed by atoms with Gasteiger partial charge in [-0.05, 0) is 31.3 Å². The molecule has 1 fully saturated rings. The predicted molar refractivity (Wildman–Crippen MR) is 150 cm³/mol. The van der Waals surface area contributed by atoms with Crippen LogP contribution in [0.1, 0.15) is 10.5 Å². The summed E-state index contributed by atoms with van der Waals surface area (Å²) in [4.78, 5) is 35.6. The lowest BCUT2D eigenvalue weighted by molar-refractivity contribution is 0.0990. The molecular formula is C27H28N8OS. The zero-order valence-electron chi connectivity index (χ0n) is 21.0. The molecule has 2 aromatic heterocycles. The van der Waals surface area contributed by atoms with Crippen molar-refractivity contribution in [3.05, 3.63) is 66.5 Å². The van der Waals surface area contributed by atoms with E-state index >= 15 is 0 Å². The van der Waals surface area contributed by atoms with Crippen molar-refractivity contribution in [1.82, 2.24) is 19.9 Å². The van der Waals surface area contributed by atoms with Gasteiger partial charge in [-0.15, -0.1) is 0 Å². The average molecular weight is 513 g/mol. The second-order valence-electron chi connectivity index (χ2n) is 9.33. The lowest BCUT2D eigenvalue weighted by Crippen LogP contribution is -2.44. The Kier molecular flexibility index (Phi) is 5.97. The summed E-state index contributed by atoms with van der Waals surface area (Å²) < 4.78 is 0. The van der Waals surface area contributed by atoms with Crippen LogP contribution in [-0.2, 0) is 0 Å². The van der Waals surface area contributed by atoms with E-state index < -0.39 is 0 Å². The van der Waals surface area contributed by atoms with Crippen LogP contribution in [0.2, 0.25) is 0 Å². The highest BCUT2D eigenvalue weighted by atomic mass is 32.1. The zero-order chi connectivity index (χ0) is 25.5. The van der Waals surface area contributed by atoms with Crippen LogP contribution >= 0.6 is 11.3 Å². The Morgan fingerprint density at radius 2 is 1.59 bits per heavy atom. The first-order valence-corrected chi connectivity index (χ1v) is 13.1. The van der Waals surface area contributed by atoms with E-state index in [4.69, 9.17) is 9.97 Å². The summed E-state index contributed by atoms with van der Waals surface area (Å²) in [7, 11) is 5.81. The summed E-state index contributed by atoms with van der Waals surface area (Å²) >= 11 is 1.48. The standard InChI is InChI=1S/C27H28N8OS/c1-32-13-15-35(16-14-32)20-11-9-19(10-12-20)29-27-28-17-21-23(31-27)34(3)26-22(25(36)33(21)2)30-24(37-26)18-7-5-4-6-8-18/h4-12,17H,13-16H2,1-3H3,(H,28,29,31). The minimum atomic E-state index is -0.178. The number of benzene rings is 2. The van der Waals surface area contributed by atoms with Crippen molar-refractivity contribution in [2.75, 3.05) is 67.3 Å². The van der Waals surface area contributed by atoms with Gasteiger partial charge >= 0.3 is 0 Å². The van der Waals surface area contributed by atoms with Crippen molar-refractivity contribution in [1.29, 1.82) is 0 Å². The van der Waals surface area contributed by atoms with Crippen molar-refractivity contribution < 1.29 is 4.79 Å². The van der Waals surface area contributed by atoms with Gasteiger partial charge in [0.15, 0.2) is 11.5 Å². The number of hydrogen-bond donors (Lipinski definition) is 1. The summed E-state index contributed by atoms with van der Waals surface area (Å²) in [6, 6.07) is 18.3. The third-order valence-corrected chi connectivity index (χ3v) is 8.04. The number of rotatable bonds is 4. The largest absolute Gasteiger partial charge is 0.369 e. The molecule has 1 N–H and O–H groups in total. The van der Waals surface area contributed by atoms with Crippen molar-refractivity contribution in [3.8, 4) is 10.6 Å². The monoisotopic (exact) mass is 512 g/mol. The molecule has 6 rings (SSSR count). The minimum absolute atomic E-state index is 0.178. The van der Waals surface area contributed by atoms with Crippen LogP contribution in [0.5, 0.6) is 0 Å². The quantitative estimate of drug-likeness (QED) is 0.430. The van der Waals surface area contributed by atoms with Gasteiger partial charge in [0.2, 0.25) is 5.95 Å². The number of fused-ring (bicyclic) bond motifs is 2. The first-order chi connectivity index (χ1) is 18.0. The second kappa shape index (κ2) is 9.45. The smallest absolute Gasteiger partial charge is 0.279 e. The van der Waals surface area contributed by atoms with Gasteiger partial charge in [0, 0.05) is 57.2 Å². The number of piperazine rings is 1. The highest BCUT2D eigenvalue weighted by molar-refractivity contribution is 7.19. The fourth-order valence-electron chi connectivity index (χ4n) is 4.61. The minimum Gasteiger partial charge on any atom is -0.369 e. The van der Waals surface area contributed by atoms with Gasteiger partial charge in [0.1, 0.15) is 15.7 Å². The number of amides is 1. The van der Waals surface area contributed by atoms with Crippen molar-refractivity contribution in [3.63, 3.8) is 0 Å². The fraction of sp³-hybridized carbons (Fsp3) is 0.259. The number of anilines is 6. The molecule has 37 heavy (non-hydrogen) atoms. The summed E-state index contributed by atoms with van der Waals surface area (Å²) in [5.74, 6) is 0.933. The van der Waals surface area contributed by atoms with Crippen molar-refractivity contribution >= 4 is 51.1 Å². The molecule has 2 aliphatic heterocycles. The summed E-state index contributed by atoms with van der Waals surface area (Å²) in [6.45, 7) is 4.20. The van der Waals surface area contributed by atoms with Crippen LogP contribution in [0.4, 0.5) is 33.8 Å². The van der Waals surface area contributed by atoms with Gasteiger partial charge in [-0.2, -0.15) is 4.98 Å². The van der Waals surface area contributed by atoms with E-state index in [1.54, 1.807) is 18.1 Å². The van der Waals surface area contributed by atoms with E-state index in [9.17, 15) is 4.79 Å². The Labute approximate surface area is 220 Å². The number of nitrogens with one attached hydrogen (secondary N) is 1. The maximum absolute atomic E-state index is 13.3. The molecule has 0 bridgehead atoms. The first-order valence-electron chi connectivity index (χ1n) is 12.2. The van der Waals surface area contributed by atoms with E-state index in [-0.39, 0.29) is 5.91 Å². The maximum atomic E-state index is 13.3. The van der Waals surface area contributed by atoms with Crippen LogP contribution in [-0.4, -0.2) is 73.1 Å². The number of thiazole rings is 1. The number of likely N-dealkylation sites (N-methyl/N-ethyl adjacent to an activating group) is 1. The topological polar surface area (TPSA) is 80.7 Å². The molecular weight excluding hydrogens is 484 g/mol. The second-order valence-corrected chi connectivity index (χ2v) is 10.3. The molecule has 0 aliphatic carbocycles. The van der Waals surface area contributed by atoms with E-state index in [1.165, 1.54) is 17.0 Å². The lowest BCUT2D eigenvalue weighted by Gasteiger charge is -2.34. The maximum Gasteiger partial charge on any atom is 0.279 e. The number of aromatic nitrogens is 3. The van der Waals surface area contributed by atoms with Gasteiger partial charge < -0.3 is 24.9 Å². The molecule has 10 heteroatoms. The molecule has 0 unspecified atom stereocenters. The Morgan fingerprint density at radius 1 is 0.865 bits per heavy atom. The number of carbonyl (C=O) groups excluding carboxylic acids is 1. The molecule has 0 radical (unpaired) electrons. The van der Waals surface area contributed by atoms with Gasteiger partial charge in [-0.1, -0.05) is 41.7 Å². The van der Waals surface area contributed by atoms with Crippen LogP contribution in [0, 0.1) is 0 Å². The predicted octanol–water partition coefficient (Wildman–Crippen LogP) is 4.45. The summed E-state index contributed by atoms with van der Waals surface area (Å²) in [5.41, 5.74) is 4.15. The van der Waals surface area contributed by atoms with Gasteiger partial charge in [-0.25, -0.2) is 9.97 Å². The molecule has 0 spiro atoms. The van der Waals surface area contributed by atoms with E-state index in [0.29, 0.717) is 23.1 Å². The van der Waals surface area contributed by atoms with Crippen molar-refractivity contribution in [2.24, 2.45) is 0 Å². The van der Waals surface area contributed by atoms with Crippen LogP contribution in [0.15, 0.2) is 60.8 Å². The Bertz CT molecular complexity index is 1430. The molecule has 188 valence electrons. The Morgan fingerprint density at radius 3 is 2.32 bits per heavy atom. The van der Waals surface area contributed by atoms with Gasteiger partial charge in [0.25, 0.3) is 5.91 Å². The van der Waals surface area contributed by atoms with Crippen molar-refractivity contribution in [2.45, 2.75) is 0 Å². The molecule has 0 saturated carbocycles. The third-order valence-electron chi connectivity index (χ3n) is 6.86. The summed E-state index contributed by atoms with van der Waals surface area (Å²) in [6.07, 6.45) is 1.69. The van der Waals surface area contributed by atoms with Gasteiger partial charge in [-0.3, -0.25) is 4.79 Å². The summed E-state index contributed by atoms with van der Waals surface area (Å²) in [5, 5.41) is 4.88.